The fourth-order valence-corrected chi connectivity index (χ4v) is 3.90. The smallest absolute Gasteiger partial charge is 0.254 e. The quantitative estimate of drug-likeness (QED) is 0.905. The van der Waals surface area contributed by atoms with Gasteiger partial charge >= 0.3 is 0 Å². The van der Waals surface area contributed by atoms with Gasteiger partial charge in [-0.05, 0) is 49.5 Å². The Morgan fingerprint density at radius 2 is 2.14 bits per heavy atom. The molecule has 2 saturated carbocycles. The normalized spacial score (nSPS) is 30.3. The second kappa shape index (κ2) is 5.48. The number of carbonyl (C=O) groups is 1. The first-order valence-corrected chi connectivity index (χ1v) is 8.35. The molecule has 1 saturated heterocycles. The summed E-state index contributed by atoms with van der Waals surface area (Å²) in [6.07, 6.45) is 9.99. The van der Waals surface area contributed by atoms with E-state index in [9.17, 15) is 4.79 Å². The van der Waals surface area contributed by atoms with E-state index in [0.29, 0.717) is 17.5 Å². The Hall–Kier alpha value is -1.29. The number of rotatable bonds is 5. The minimum Gasteiger partial charge on any atom is -0.472 e. The molecule has 1 aromatic rings. The number of hydrogen-bond donors (Lipinski definition) is 1. The molecule has 1 N–H and O–H groups in total. The van der Waals surface area contributed by atoms with Crippen LogP contribution in [0.15, 0.2) is 23.0 Å². The summed E-state index contributed by atoms with van der Waals surface area (Å²) < 4.78 is 5.01. The van der Waals surface area contributed by atoms with Crippen molar-refractivity contribution in [1.82, 2.24) is 10.2 Å². The molecular weight excluding hydrogens is 264 g/mol. The molecule has 0 radical (unpaired) electrons. The molecule has 3 aliphatic rings. The van der Waals surface area contributed by atoms with Crippen LogP contribution < -0.4 is 5.32 Å². The van der Waals surface area contributed by atoms with Gasteiger partial charge in [-0.3, -0.25) is 4.79 Å². The number of amides is 1. The molecule has 1 aromatic heterocycles. The third-order valence-electron chi connectivity index (χ3n) is 5.51. The fraction of sp³-hybridized carbons (Fsp3) is 0.706. The molecule has 2 aliphatic carbocycles. The van der Waals surface area contributed by atoms with Crippen LogP contribution in [0.1, 0.15) is 42.5 Å². The van der Waals surface area contributed by atoms with Gasteiger partial charge in [-0.2, -0.15) is 0 Å². The maximum absolute atomic E-state index is 12.3. The van der Waals surface area contributed by atoms with Gasteiger partial charge in [0, 0.05) is 25.7 Å². The predicted molar refractivity (Wildman–Crippen MR) is 80.0 cm³/mol. The highest BCUT2D eigenvalue weighted by Crippen LogP contribution is 2.42. The minimum absolute atomic E-state index is 0.0184. The van der Waals surface area contributed by atoms with Crippen molar-refractivity contribution in [2.75, 3.05) is 19.6 Å². The first-order chi connectivity index (χ1) is 10.3. The first-order valence-electron chi connectivity index (χ1n) is 8.35. The Kier molecular flexibility index (Phi) is 3.49. The van der Waals surface area contributed by atoms with E-state index in [0.717, 1.165) is 18.4 Å². The Morgan fingerprint density at radius 3 is 2.76 bits per heavy atom. The average molecular weight is 288 g/mol. The van der Waals surface area contributed by atoms with Crippen molar-refractivity contribution < 1.29 is 9.21 Å². The van der Waals surface area contributed by atoms with Gasteiger partial charge in [0.05, 0.1) is 11.8 Å². The summed E-state index contributed by atoms with van der Waals surface area (Å²) in [4.78, 5) is 14.8. The lowest BCUT2D eigenvalue weighted by atomic mass is 9.85. The standard InChI is InChI=1S/C17H24N2O2/c20-17(14-6-7-21-11-14)18-16-10-19(8-12-2-1-3-12)9-15(16)13-4-5-13/h6-7,11-13,15-16H,1-5,8-10H2,(H,18,20). The highest BCUT2D eigenvalue weighted by atomic mass is 16.3. The summed E-state index contributed by atoms with van der Waals surface area (Å²) in [7, 11) is 0. The van der Waals surface area contributed by atoms with Crippen molar-refractivity contribution in [3.63, 3.8) is 0 Å². The van der Waals surface area contributed by atoms with Crippen molar-refractivity contribution in [2.24, 2.45) is 17.8 Å². The number of furan rings is 1. The lowest BCUT2D eigenvalue weighted by Gasteiger charge is -2.30. The molecule has 0 bridgehead atoms. The molecular formula is C17H24N2O2. The molecule has 0 aromatic carbocycles. The second-order valence-corrected chi connectivity index (χ2v) is 7.11. The molecule has 114 valence electrons. The van der Waals surface area contributed by atoms with Gasteiger partial charge in [0.1, 0.15) is 6.26 Å². The Balaban J connectivity index is 1.38. The number of hydrogen-bond acceptors (Lipinski definition) is 3. The summed E-state index contributed by atoms with van der Waals surface area (Å²) in [6, 6.07) is 2.06. The largest absolute Gasteiger partial charge is 0.472 e. The molecule has 4 nitrogen and oxygen atoms in total. The van der Waals surface area contributed by atoms with E-state index >= 15 is 0 Å². The van der Waals surface area contributed by atoms with Crippen LogP contribution in [-0.4, -0.2) is 36.5 Å². The van der Waals surface area contributed by atoms with E-state index in [1.165, 1.54) is 51.5 Å². The first kappa shape index (κ1) is 13.4. The minimum atomic E-state index is 0.0184. The zero-order valence-electron chi connectivity index (χ0n) is 12.5. The van der Waals surface area contributed by atoms with E-state index in [4.69, 9.17) is 4.42 Å². The summed E-state index contributed by atoms with van der Waals surface area (Å²) in [5.74, 6) is 2.42. The molecule has 1 aliphatic heterocycles. The van der Waals surface area contributed by atoms with Crippen molar-refractivity contribution in [2.45, 2.75) is 38.1 Å². The lowest BCUT2D eigenvalue weighted by molar-refractivity contribution is 0.0927. The molecule has 1 amide bonds. The molecule has 4 rings (SSSR count). The summed E-state index contributed by atoms with van der Waals surface area (Å²) in [6.45, 7) is 3.44. The van der Waals surface area contributed by atoms with Crippen molar-refractivity contribution >= 4 is 5.91 Å². The highest BCUT2D eigenvalue weighted by molar-refractivity contribution is 5.94. The highest BCUT2D eigenvalue weighted by Gasteiger charge is 2.43. The zero-order chi connectivity index (χ0) is 14.2. The van der Waals surface area contributed by atoms with Gasteiger partial charge in [0.15, 0.2) is 0 Å². The Bertz CT molecular complexity index is 491. The van der Waals surface area contributed by atoms with Gasteiger partial charge in [0.25, 0.3) is 5.91 Å². The van der Waals surface area contributed by atoms with Crippen molar-refractivity contribution in [3.8, 4) is 0 Å². The number of nitrogens with zero attached hydrogens (tertiary/aromatic N) is 1. The van der Waals surface area contributed by atoms with E-state index in [1.807, 2.05) is 0 Å². The third-order valence-corrected chi connectivity index (χ3v) is 5.51. The Morgan fingerprint density at radius 1 is 1.29 bits per heavy atom. The third kappa shape index (κ3) is 2.86. The predicted octanol–water partition coefficient (Wildman–Crippen LogP) is 2.52. The van der Waals surface area contributed by atoms with Gasteiger partial charge in [-0.15, -0.1) is 0 Å². The van der Waals surface area contributed by atoms with Crippen molar-refractivity contribution in [3.05, 3.63) is 24.2 Å². The van der Waals surface area contributed by atoms with Crippen LogP contribution in [0.4, 0.5) is 0 Å². The number of carbonyl (C=O) groups excluding carboxylic acids is 1. The monoisotopic (exact) mass is 288 g/mol. The number of nitrogens with one attached hydrogen (secondary N) is 1. The van der Waals surface area contributed by atoms with Gasteiger partial charge in [-0.25, -0.2) is 0 Å². The summed E-state index contributed by atoms with van der Waals surface area (Å²) >= 11 is 0. The van der Waals surface area contributed by atoms with E-state index in [2.05, 4.69) is 10.2 Å². The summed E-state index contributed by atoms with van der Waals surface area (Å²) in [5.41, 5.74) is 0.641. The second-order valence-electron chi connectivity index (χ2n) is 7.11. The molecule has 2 heterocycles. The van der Waals surface area contributed by atoms with E-state index in [-0.39, 0.29) is 5.91 Å². The van der Waals surface area contributed by atoms with Gasteiger partial charge < -0.3 is 14.6 Å². The maximum atomic E-state index is 12.3. The van der Waals surface area contributed by atoms with Crippen molar-refractivity contribution in [1.29, 1.82) is 0 Å². The SMILES string of the molecule is O=C(NC1CN(CC2CCC2)CC1C1CC1)c1ccoc1. The van der Waals surface area contributed by atoms with Crippen LogP contribution in [0.3, 0.4) is 0 Å². The Labute approximate surface area is 125 Å². The molecule has 3 fully saturated rings. The van der Waals surface area contributed by atoms with Crippen LogP contribution in [0.25, 0.3) is 0 Å². The molecule has 21 heavy (non-hydrogen) atoms. The van der Waals surface area contributed by atoms with Gasteiger partial charge in [0.2, 0.25) is 0 Å². The lowest BCUT2D eigenvalue weighted by Crippen LogP contribution is -2.41. The van der Waals surface area contributed by atoms with Gasteiger partial charge in [-0.1, -0.05) is 6.42 Å². The number of likely N-dealkylation sites (tertiary alicyclic amines) is 1. The van der Waals surface area contributed by atoms with Crippen LogP contribution >= 0.6 is 0 Å². The van der Waals surface area contributed by atoms with Crippen LogP contribution in [0.2, 0.25) is 0 Å². The fourth-order valence-electron chi connectivity index (χ4n) is 3.90. The topological polar surface area (TPSA) is 45.5 Å². The average Bonchev–Trinajstić information content (AvgIpc) is 2.98. The van der Waals surface area contributed by atoms with Crippen LogP contribution in [-0.2, 0) is 0 Å². The summed E-state index contributed by atoms with van der Waals surface area (Å²) in [5, 5.41) is 3.25. The van der Waals surface area contributed by atoms with E-state index < -0.39 is 0 Å². The van der Waals surface area contributed by atoms with E-state index in [1.54, 1.807) is 12.3 Å². The molecule has 2 atom stereocenters. The zero-order valence-corrected chi connectivity index (χ0v) is 12.5. The molecule has 2 unspecified atom stereocenters. The molecule has 4 heteroatoms. The molecule has 0 spiro atoms. The maximum Gasteiger partial charge on any atom is 0.254 e. The van der Waals surface area contributed by atoms with Crippen LogP contribution in [0.5, 0.6) is 0 Å². The van der Waals surface area contributed by atoms with Crippen LogP contribution in [0, 0.1) is 17.8 Å².